The van der Waals surface area contributed by atoms with Crippen LogP contribution in [0.5, 0.6) is 0 Å². The Balaban J connectivity index is 1.70. The summed E-state index contributed by atoms with van der Waals surface area (Å²) in [5, 5.41) is 11.3. The lowest BCUT2D eigenvalue weighted by Crippen LogP contribution is -2.50. The van der Waals surface area contributed by atoms with Crippen molar-refractivity contribution in [1.29, 1.82) is 0 Å². The van der Waals surface area contributed by atoms with Crippen LogP contribution in [0, 0.1) is 34.0 Å². The van der Waals surface area contributed by atoms with E-state index in [1.807, 2.05) is 0 Å². The second-order valence-corrected chi connectivity index (χ2v) is 13.0. The van der Waals surface area contributed by atoms with Gasteiger partial charge in [0.05, 0.1) is 6.10 Å². The summed E-state index contributed by atoms with van der Waals surface area (Å²) >= 11 is 0. The maximum atomic E-state index is 11.3. The molecule has 0 heterocycles. The molecule has 0 spiro atoms. The molecular formula is C28H48N2O. The molecule has 2 fully saturated rings. The van der Waals surface area contributed by atoms with E-state index >= 15 is 0 Å². The Bertz CT molecular complexity index is 765. The summed E-state index contributed by atoms with van der Waals surface area (Å²) in [5.41, 5.74) is 3.94. The van der Waals surface area contributed by atoms with Gasteiger partial charge in [-0.05, 0) is 107 Å². The molecule has 1 unspecified atom stereocenters. The normalized spacial score (nSPS) is 45.4. The molecule has 0 aromatic heterocycles. The van der Waals surface area contributed by atoms with Crippen LogP contribution in [0.25, 0.3) is 0 Å². The zero-order valence-electron chi connectivity index (χ0n) is 21.7. The summed E-state index contributed by atoms with van der Waals surface area (Å²) in [7, 11) is 8.87. The van der Waals surface area contributed by atoms with Crippen molar-refractivity contribution in [1.82, 2.24) is 9.80 Å². The van der Waals surface area contributed by atoms with E-state index in [0.29, 0.717) is 35.3 Å². The van der Waals surface area contributed by atoms with Gasteiger partial charge in [-0.1, -0.05) is 45.4 Å². The Morgan fingerprint density at radius 1 is 0.968 bits per heavy atom. The van der Waals surface area contributed by atoms with Crippen LogP contribution in [0.3, 0.4) is 0 Å². The fourth-order valence-corrected chi connectivity index (χ4v) is 8.93. The predicted molar refractivity (Wildman–Crippen MR) is 131 cm³/mol. The fourth-order valence-electron chi connectivity index (χ4n) is 8.93. The van der Waals surface area contributed by atoms with Crippen LogP contribution in [0.1, 0.15) is 73.1 Å². The minimum atomic E-state index is -0.201. The number of fused-ring (bicyclic) bond motifs is 4. The molecule has 31 heavy (non-hydrogen) atoms. The highest BCUT2D eigenvalue weighted by Gasteiger charge is 2.64. The largest absolute Gasteiger partial charge is 0.393 e. The topological polar surface area (TPSA) is 26.7 Å². The smallest absolute Gasteiger partial charge is 0.0594 e. The second kappa shape index (κ2) is 7.71. The molecule has 4 aliphatic rings. The minimum Gasteiger partial charge on any atom is -0.393 e. The van der Waals surface area contributed by atoms with Crippen LogP contribution in [-0.4, -0.2) is 61.3 Å². The van der Waals surface area contributed by atoms with Gasteiger partial charge in [0.15, 0.2) is 0 Å². The van der Waals surface area contributed by atoms with Crippen molar-refractivity contribution in [3.63, 3.8) is 0 Å². The standard InChI is InChI=1S/C28H48N2O/c1-18(29(6)7)25-23(31)17-28(5)22-12-11-21-19(16-20(22)14-15-27(25,28)4)10-13-24(30(8)9)26(21,2)3/h14,16,18,21-25,31H,10-13,15,17H2,1-9H3/t18?,21-,22-,23-,24+,25+,27-,28+/m1/s1. The molecule has 4 aliphatic carbocycles. The van der Waals surface area contributed by atoms with Crippen molar-refractivity contribution in [2.75, 3.05) is 28.2 Å². The van der Waals surface area contributed by atoms with Gasteiger partial charge in [-0.25, -0.2) is 0 Å². The van der Waals surface area contributed by atoms with E-state index in [4.69, 9.17) is 0 Å². The Kier molecular flexibility index (Phi) is 5.84. The van der Waals surface area contributed by atoms with E-state index in [-0.39, 0.29) is 16.9 Å². The molecule has 0 aromatic rings. The van der Waals surface area contributed by atoms with Gasteiger partial charge in [0, 0.05) is 18.0 Å². The molecule has 0 aromatic carbocycles. The molecule has 8 atom stereocenters. The molecule has 0 aliphatic heterocycles. The molecule has 176 valence electrons. The van der Waals surface area contributed by atoms with Crippen LogP contribution >= 0.6 is 0 Å². The lowest BCUT2D eigenvalue weighted by molar-refractivity contribution is -0.0236. The molecule has 0 bridgehead atoms. The summed E-state index contributed by atoms with van der Waals surface area (Å²) < 4.78 is 0. The summed E-state index contributed by atoms with van der Waals surface area (Å²) in [5.74, 6) is 1.59. The van der Waals surface area contributed by atoms with Crippen LogP contribution in [-0.2, 0) is 0 Å². The average Bonchev–Trinajstić information content (AvgIpc) is 2.78. The van der Waals surface area contributed by atoms with Crippen LogP contribution in [0.2, 0.25) is 0 Å². The first kappa shape index (κ1) is 23.5. The first-order valence-electron chi connectivity index (χ1n) is 12.8. The van der Waals surface area contributed by atoms with Crippen molar-refractivity contribution in [3.8, 4) is 0 Å². The van der Waals surface area contributed by atoms with E-state index in [2.05, 4.69) is 84.8 Å². The summed E-state index contributed by atoms with van der Waals surface area (Å²) in [6, 6.07) is 1.05. The summed E-state index contributed by atoms with van der Waals surface area (Å²) in [6.07, 6.45) is 12.2. The highest BCUT2D eigenvalue weighted by Crippen LogP contribution is 2.68. The molecule has 3 nitrogen and oxygen atoms in total. The van der Waals surface area contributed by atoms with Crippen molar-refractivity contribution in [2.45, 2.75) is 91.3 Å². The Morgan fingerprint density at radius 2 is 1.61 bits per heavy atom. The molecule has 2 saturated carbocycles. The van der Waals surface area contributed by atoms with Gasteiger partial charge in [0.2, 0.25) is 0 Å². The quantitative estimate of drug-likeness (QED) is 0.655. The maximum absolute atomic E-state index is 11.3. The molecule has 0 saturated heterocycles. The van der Waals surface area contributed by atoms with E-state index in [1.54, 1.807) is 11.1 Å². The van der Waals surface area contributed by atoms with Crippen LogP contribution in [0.15, 0.2) is 23.3 Å². The number of nitrogens with zero attached hydrogens (tertiary/aromatic N) is 2. The van der Waals surface area contributed by atoms with Crippen molar-refractivity contribution < 1.29 is 5.11 Å². The first-order valence-corrected chi connectivity index (χ1v) is 12.8. The molecule has 0 amide bonds. The van der Waals surface area contributed by atoms with Gasteiger partial charge < -0.3 is 14.9 Å². The van der Waals surface area contributed by atoms with Gasteiger partial charge in [0.25, 0.3) is 0 Å². The number of aliphatic hydroxyl groups is 1. The van der Waals surface area contributed by atoms with Crippen molar-refractivity contribution in [3.05, 3.63) is 23.3 Å². The van der Waals surface area contributed by atoms with Crippen molar-refractivity contribution >= 4 is 0 Å². The van der Waals surface area contributed by atoms with Crippen molar-refractivity contribution in [2.24, 2.45) is 34.0 Å². The third-order valence-corrected chi connectivity index (χ3v) is 11.0. The average molecular weight is 429 g/mol. The van der Waals surface area contributed by atoms with Gasteiger partial charge in [0.1, 0.15) is 0 Å². The van der Waals surface area contributed by atoms with E-state index in [9.17, 15) is 5.11 Å². The van der Waals surface area contributed by atoms with Gasteiger partial charge in [-0.2, -0.15) is 0 Å². The minimum absolute atomic E-state index is 0.153. The number of aliphatic hydroxyl groups excluding tert-OH is 1. The monoisotopic (exact) mass is 428 g/mol. The van der Waals surface area contributed by atoms with E-state index in [1.165, 1.54) is 25.7 Å². The van der Waals surface area contributed by atoms with E-state index < -0.39 is 0 Å². The maximum Gasteiger partial charge on any atom is 0.0594 e. The molecule has 1 N–H and O–H groups in total. The van der Waals surface area contributed by atoms with Gasteiger partial charge >= 0.3 is 0 Å². The zero-order chi connectivity index (χ0) is 22.9. The number of allylic oxidation sites excluding steroid dienone is 4. The van der Waals surface area contributed by atoms with Gasteiger partial charge in [-0.3, -0.25) is 0 Å². The number of rotatable bonds is 3. The Labute approximate surface area is 192 Å². The van der Waals surface area contributed by atoms with Gasteiger partial charge in [-0.15, -0.1) is 0 Å². The second-order valence-electron chi connectivity index (χ2n) is 13.0. The highest BCUT2D eigenvalue weighted by atomic mass is 16.3. The molecular weight excluding hydrogens is 380 g/mol. The number of hydrogen-bond acceptors (Lipinski definition) is 3. The van der Waals surface area contributed by atoms with Crippen LogP contribution in [0.4, 0.5) is 0 Å². The lowest BCUT2D eigenvalue weighted by Gasteiger charge is -2.53. The molecule has 4 rings (SSSR count). The number of hydrogen-bond donors (Lipinski definition) is 1. The summed E-state index contributed by atoms with van der Waals surface area (Å²) in [6.45, 7) is 12.4. The Hall–Kier alpha value is -0.640. The summed E-state index contributed by atoms with van der Waals surface area (Å²) in [4.78, 5) is 4.78. The van der Waals surface area contributed by atoms with Crippen LogP contribution < -0.4 is 0 Å². The third-order valence-electron chi connectivity index (χ3n) is 11.0. The third kappa shape index (κ3) is 3.32. The fraction of sp³-hybridized carbons (Fsp3) is 0.857. The molecule has 3 heteroatoms. The van der Waals surface area contributed by atoms with E-state index in [0.717, 1.165) is 12.8 Å². The Morgan fingerprint density at radius 3 is 2.23 bits per heavy atom. The highest BCUT2D eigenvalue weighted by molar-refractivity contribution is 5.37. The first-order chi connectivity index (χ1) is 14.3. The molecule has 0 radical (unpaired) electrons. The lowest BCUT2D eigenvalue weighted by atomic mass is 9.51. The SMILES string of the molecule is CC([C@H]1[C@H](O)C[C@@]2(C)[C@@H]3CC[C@@H]4C(=CC3=CC[C@]12C)CC[C@H](N(C)C)C4(C)C)N(C)C. The zero-order valence-corrected chi connectivity index (χ0v) is 21.7. The predicted octanol–water partition coefficient (Wildman–Crippen LogP) is 5.36.